The van der Waals surface area contributed by atoms with Crippen molar-refractivity contribution in [1.82, 2.24) is 0 Å². The molecule has 0 saturated carbocycles. The van der Waals surface area contributed by atoms with Crippen LogP contribution in [-0.4, -0.2) is 13.1 Å². The molecule has 4 heteroatoms. The minimum atomic E-state index is -0.176. The summed E-state index contributed by atoms with van der Waals surface area (Å²) in [7, 11) is 1.42. The van der Waals surface area contributed by atoms with E-state index in [2.05, 4.69) is 0 Å². The second-order valence-corrected chi connectivity index (χ2v) is 4.75. The number of thiophene rings is 1. The normalized spacial score (nSPS) is 12.5. The first kappa shape index (κ1) is 11.5. The standard InChI is InChI=1S/C10H13ClO2S/c1-3-4-7(10(12)13-2)8-5-6-9(11)14-8/h5-7H,3-4H2,1-2H3. The highest BCUT2D eigenvalue weighted by molar-refractivity contribution is 7.16. The Kier molecular flexibility index (Phi) is 4.42. The zero-order valence-electron chi connectivity index (χ0n) is 8.25. The Morgan fingerprint density at radius 1 is 1.64 bits per heavy atom. The number of carbonyl (C=O) groups is 1. The van der Waals surface area contributed by atoms with E-state index in [1.807, 2.05) is 19.1 Å². The predicted molar refractivity (Wildman–Crippen MR) is 59.0 cm³/mol. The molecule has 1 heterocycles. The van der Waals surface area contributed by atoms with Crippen LogP contribution < -0.4 is 0 Å². The summed E-state index contributed by atoms with van der Waals surface area (Å²) in [5.74, 6) is -0.326. The Balaban J connectivity index is 2.82. The van der Waals surface area contributed by atoms with Gasteiger partial charge in [-0.3, -0.25) is 4.79 Å². The molecule has 1 rings (SSSR count). The lowest BCUT2D eigenvalue weighted by atomic mass is 10.0. The Bertz CT molecular complexity index is 309. The van der Waals surface area contributed by atoms with Gasteiger partial charge in [0, 0.05) is 4.88 Å². The van der Waals surface area contributed by atoms with E-state index in [1.165, 1.54) is 18.4 Å². The van der Waals surface area contributed by atoms with Crippen LogP contribution in [0.1, 0.15) is 30.6 Å². The topological polar surface area (TPSA) is 26.3 Å². The van der Waals surface area contributed by atoms with Crippen LogP contribution in [0.3, 0.4) is 0 Å². The van der Waals surface area contributed by atoms with Gasteiger partial charge in [0.15, 0.2) is 0 Å². The first-order valence-corrected chi connectivity index (χ1v) is 5.71. The largest absolute Gasteiger partial charge is 0.469 e. The summed E-state index contributed by atoms with van der Waals surface area (Å²) in [6.07, 6.45) is 1.76. The van der Waals surface area contributed by atoms with Crippen molar-refractivity contribution in [2.75, 3.05) is 7.11 Å². The maximum Gasteiger partial charge on any atom is 0.313 e. The number of ether oxygens (including phenoxy) is 1. The zero-order valence-corrected chi connectivity index (χ0v) is 9.82. The first-order chi connectivity index (χ1) is 6.69. The lowest BCUT2D eigenvalue weighted by Crippen LogP contribution is -2.12. The van der Waals surface area contributed by atoms with Crippen LogP contribution in [0.25, 0.3) is 0 Å². The van der Waals surface area contributed by atoms with E-state index < -0.39 is 0 Å². The number of halogens is 1. The van der Waals surface area contributed by atoms with Gasteiger partial charge >= 0.3 is 5.97 Å². The average Bonchev–Trinajstić information content (AvgIpc) is 2.60. The Hall–Kier alpha value is -0.540. The highest BCUT2D eigenvalue weighted by Crippen LogP contribution is 2.31. The van der Waals surface area contributed by atoms with Gasteiger partial charge in [-0.25, -0.2) is 0 Å². The third-order valence-electron chi connectivity index (χ3n) is 2.00. The summed E-state index contributed by atoms with van der Waals surface area (Å²) in [5.41, 5.74) is 0. The molecule has 0 bridgehead atoms. The van der Waals surface area contributed by atoms with E-state index in [-0.39, 0.29) is 11.9 Å². The van der Waals surface area contributed by atoms with Crippen LogP contribution >= 0.6 is 22.9 Å². The predicted octanol–water partition coefficient (Wildman–Crippen LogP) is 3.46. The third-order valence-corrected chi connectivity index (χ3v) is 3.35. The SMILES string of the molecule is CCCC(C(=O)OC)c1ccc(Cl)s1. The van der Waals surface area contributed by atoms with Crippen LogP contribution in [0.4, 0.5) is 0 Å². The van der Waals surface area contributed by atoms with Gasteiger partial charge in [-0.2, -0.15) is 0 Å². The average molecular weight is 233 g/mol. The molecule has 1 aromatic heterocycles. The van der Waals surface area contributed by atoms with E-state index >= 15 is 0 Å². The fourth-order valence-corrected chi connectivity index (χ4v) is 2.51. The van der Waals surface area contributed by atoms with Gasteiger partial charge in [0.25, 0.3) is 0 Å². The number of hydrogen-bond donors (Lipinski definition) is 0. The summed E-state index contributed by atoms with van der Waals surface area (Å²) in [6, 6.07) is 3.71. The summed E-state index contributed by atoms with van der Waals surface area (Å²) in [5, 5.41) is 0. The van der Waals surface area contributed by atoms with Gasteiger partial charge in [0.2, 0.25) is 0 Å². The molecule has 0 amide bonds. The van der Waals surface area contributed by atoms with E-state index in [0.29, 0.717) is 4.34 Å². The number of esters is 1. The monoisotopic (exact) mass is 232 g/mol. The number of methoxy groups -OCH3 is 1. The van der Waals surface area contributed by atoms with Crippen molar-refractivity contribution in [2.45, 2.75) is 25.7 Å². The van der Waals surface area contributed by atoms with Crippen molar-refractivity contribution in [3.05, 3.63) is 21.3 Å². The zero-order chi connectivity index (χ0) is 10.6. The molecule has 0 aliphatic carbocycles. The van der Waals surface area contributed by atoms with Crippen molar-refractivity contribution in [2.24, 2.45) is 0 Å². The molecule has 1 unspecified atom stereocenters. The maximum atomic E-state index is 11.5. The fourth-order valence-electron chi connectivity index (χ4n) is 1.32. The van der Waals surface area contributed by atoms with Crippen molar-refractivity contribution in [3.63, 3.8) is 0 Å². The van der Waals surface area contributed by atoms with Crippen molar-refractivity contribution < 1.29 is 9.53 Å². The molecule has 1 atom stereocenters. The van der Waals surface area contributed by atoms with Gasteiger partial charge in [0.05, 0.1) is 17.4 Å². The lowest BCUT2D eigenvalue weighted by molar-refractivity contribution is -0.142. The summed E-state index contributed by atoms with van der Waals surface area (Å²) in [4.78, 5) is 12.4. The van der Waals surface area contributed by atoms with Gasteiger partial charge < -0.3 is 4.74 Å². The Morgan fingerprint density at radius 2 is 2.36 bits per heavy atom. The van der Waals surface area contributed by atoms with Crippen molar-refractivity contribution in [1.29, 1.82) is 0 Å². The third kappa shape index (κ3) is 2.72. The van der Waals surface area contributed by atoms with E-state index in [0.717, 1.165) is 17.7 Å². The quantitative estimate of drug-likeness (QED) is 0.744. The molecule has 0 spiro atoms. The molecule has 1 aromatic rings. The number of carbonyl (C=O) groups excluding carboxylic acids is 1. The molecule has 0 aromatic carbocycles. The second-order valence-electron chi connectivity index (χ2n) is 3.01. The second kappa shape index (κ2) is 5.37. The first-order valence-electron chi connectivity index (χ1n) is 4.52. The lowest BCUT2D eigenvalue weighted by Gasteiger charge is -2.10. The highest BCUT2D eigenvalue weighted by Gasteiger charge is 2.21. The van der Waals surface area contributed by atoms with Crippen molar-refractivity contribution >= 4 is 28.9 Å². The summed E-state index contributed by atoms with van der Waals surface area (Å²) >= 11 is 7.26. The molecular weight excluding hydrogens is 220 g/mol. The van der Waals surface area contributed by atoms with Crippen LogP contribution in [-0.2, 0) is 9.53 Å². The molecule has 0 radical (unpaired) electrons. The number of rotatable bonds is 4. The molecule has 14 heavy (non-hydrogen) atoms. The van der Waals surface area contributed by atoms with Gasteiger partial charge in [-0.1, -0.05) is 24.9 Å². The Morgan fingerprint density at radius 3 is 2.79 bits per heavy atom. The summed E-state index contributed by atoms with van der Waals surface area (Å²) < 4.78 is 5.47. The molecule has 0 aliphatic heterocycles. The molecule has 0 N–H and O–H groups in total. The Labute approximate surface area is 92.8 Å². The molecule has 0 saturated heterocycles. The van der Waals surface area contributed by atoms with Crippen LogP contribution in [0.2, 0.25) is 4.34 Å². The minimum absolute atomic E-state index is 0.150. The molecule has 0 fully saturated rings. The van der Waals surface area contributed by atoms with Crippen LogP contribution in [0.5, 0.6) is 0 Å². The van der Waals surface area contributed by atoms with E-state index in [1.54, 1.807) is 0 Å². The summed E-state index contributed by atoms with van der Waals surface area (Å²) in [6.45, 7) is 2.05. The maximum absolute atomic E-state index is 11.5. The van der Waals surface area contributed by atoms with E-state index in [9.17, 15) is 4.79 Å². The van der Waals surface area contributed by atoms with Gasteiger partial charge in [-0.05, 0) is 18.6 Å². The molecular formula is C10H13ClO2S. The molecule has 0 aliphatic rings. The fraction of sp³-hybridized carbons (Fsp3) is 0.500. The molecule has 78 valence electrons. The van der Waals surface area contributed by atoms with Crippen molar-refractivity contribution in [3.8, 4) is 0 Å². The van der Waals surface area contributed by atoms with Crippen LogP contribution in [0, 0.1) is 0 Å². The minimum Gasteiger partial charge on any atom is -0.469 e. The molecule has 2 nitrogen and oxygen atoms in total. The smallest absolute Gasteiger partial charge is 0.313 e. The van der Waals surface area contributed by atoms with E-state index in [4.69, 9.17) is 16.3 Å². The van der Waals surface area contributed by atoms with Gasteiger partial charge in [0.1, 0.15) is 0 Å². The van der Waals surface area contributed by atoms with Gasteiger partial charge in [-0.15, -0.1) is 11.3 Å². The highest BCUT2D eigenvalue weighted by atomic mass is 35.5. The van der Waals surface area contributed by atoms with Crippen LogP contribution in [0.15, 0.2) is 12.1 Å². The number of hydrogen-bond acceptors (Lipinski definition) is 3.